The summed E-state index contributed by atoms with van der Waals surface area (Å²) in [5.41, 5.74) is 0.0442. The molecule has 0 aliphatic carbocycles. The van der Waals surface area contributed by atoms with Gasteiger partial charge in [0.25, 0.3) is 0 Å². The number of nitriles is 2. The van der Waals surface area contributed by atoms with Gasteiger partial charge in [-0.15, -0.1) is 11.3 Å². The third kappa shape index (κ3) is 3.44. The van der Waals surface area contributed by atoms with E-state index in [1.54, 1.807) is 17.4 Å². The Kier molecular flexibility index (Phi) is 4.48. The molecular weight excluding hydrogens is 274 g/mol. The molecule has 6 nitrogen and oxygen atoms in total. The number of aryl methyl sites for hydroxylation is 1. The van der Waals surface area contributed by atoms with Crippen LogP contribution in [0.1, 0.15) is 29.1 Å². The Bertz CT molecular complexity index is 643. The van der Waals surface area contributed by atoms with Crippen molar-refractivity contribution in [3.05, 3.63) is 33.8 Å². The molecule has 20 heavy (non-hydrogen) atoms. The summed E-state index contributed by atoms with van der Waals surface area (Å²) in [7, 11) is 0. The quantitative estimate of drug-likeness (QED) is 0.878. The van der Waals surface area contributed by atoms with Crippen LogP contribution in [0, 0.1) is 22.7 Å². The summed E-state index contributed by atoms with van der Waals surface area (Å²) in [5, 5.41) is 22.1. The van der Waals surface area contributed by atoms with Crippen molar-refractivity contribution in [3.63, 3.8) is 0 Å². The van der Waals surface area contributed by atoms with E-state index in [1.165, 1.54) is 4.88 Å². The van der Waals surface area contributed by atoms with E-state index in [9.17, 15) is 4.79 Å². The SMILES string of the molecule is N#Cc1nc(NC(=O)CCCc2cccs2)[nH]c1C#N. The number of hydrogen-bond acceptors (Lipinski definition) is 5. The molecule has 2 aromatic heterocycles. The zero-order valence-corrected chi connectivity index (χ0v) is 11.3. The van der Waals surface area contributed by atoms with Crippen molar-refractivity contribution in [3.8, 4) is 12.1 Å². The van der Waals surface area contributed by atoms with E-state index in [0.717, 1.165) is 12.8 Å². The summed E-state index contributed by atoms with van der Waals surface area (Å²) in [5.74, 6) is -0.0523. The molecule has 2 heterocycles. The van der Waals surface area contributed by atoms with Crippen LogP contribution >= 0.6 is 11.3 Å². The lowest BCUT2D eigenvalue weighted by Gasteiger charge is -2.00. The van der Waals surface area contributed by atoms with Gasteiger partial charge in [0.1, 0.15) is 12.1 Å². The van der Waals surface area contributed by atoms with E-state index in [0.29, 0.717) is 6.42 Å². The fourth-order valence-corrected chi connectivity index (χ4v) is 2.42. The molecule has 0 aromatic carbocycles. The van der Waals surface area contributed by atoms with Crippen molar-refractivity contribution in [2.75, 3.05) is 5.32 Å². The van der Waals surface area contributed by atoms with E-state index < -0.39 is 0 Å². The van der Waals surface area contributed by atoms with Crippen LogP contribution in [0.2, 0.25) is 0 Å². The van der Waals surface area contributed by atoms with Crippen LogP contribution in [0.25, 0.3) is 0 Å². The highest BCUT2D eigenvalue weighted by atomic mass is 32.1. The van der Waals surface area contributed by atoms with Crippen molar-refractivity contribution in [1.29, 1.82) is 10.5 Å². The first-order chi connectivity index (χ1) is 9.72. The minimum Gasteiger partial charge on any atom is -0.314 e. The summed E-state index contributed by atoms with van der Waals surface area (Å²) < 4.78 is 0. The van der Waals surface area contributed by atoms with E-state index in [2.05, 4.69) is 15.3 Å². The zero-order valence-electron chi connectivity index (χ0n) is 10.5. The lowest BCUT2D eigenvalue weighted by atomic mass is 10.2. The summed E-state index contributed by atoms with van der Waals surface area (Å²) >= 11 is 1.67. The molecule has 2 aromatic rings. The number of H-pyrrole nitrogens is 1. The Hall–Kier alpha value is -2.64. The molecule has 0 fully saturated rings. The fourth-order valence-electron chi connectivity index (χ4n) is 1.67. The molecule has 0 aliphatic rings. The second-order valence-electron chi connectivity index (χ2n) is 4.01. The smallest absolute Gasteiger partial charge is 0.226 e. The molecule has 1 amide bonds. The average molecular weight is 285 g/mol. The zero-order chi connectivity index (χ0) is 14.4. The maximum absolute atomic E-state index is 11.7. The predicted octanol–water partition coefficient (Wildman–Crippen LogP) is 2.18. The molecule has 0 spiro atoms. The molecule has 0 saturated carbocycles. The number of anilines is 1. The number of hydrogen-bond donors (Lipinski definition) is 2. The van der Waals surface area contributed by atoms with Crippen molar-refractivity contribution in [1.82, 2.24) is 9.97 Å². The van der Waals surface area contributed by atoms with Gasteiger partial charge in [-0.2, -0.15) is 10.5 Å². The van der Waals surface area contributed by atoms with Crippen LogP contribution in [-0.2, 0) is 11.2 Å². The summed E-state index contributed by atoms with van der Waals surface area (Å²) in [6.45, 7) is 0. The van der Waals surface area contributed by atoms with Crippen LogP contribution in [0.15, 0.2) is 17.5 Å². The van der Waals surface area contributed by atoms with E-state index in [1.807, 2.05) is 23.6 Å². The lowest BCUT2D eigenvalue weighted by molar-refractivity contribution is -0.116. The molecule has 7 heteroatoms. The Morgan fingerprint density at radius 3 is 2.90 bits per heavy atom. The number of imidazole rings is 1. The summed E-state index contributed by atoms with van der Waals surface area (Å²) in [4.78, 5) is 19.4. The number of carbonyl (C=O) groups excluding carboxylic acids is 1. The normalized spacial score (nSPS) is 9.70. The number of nitrogens with one attached hydrogen (secondary N) is 2. The molecule has 0 unspecified atom stereocenters. The maximum Gasteiger partial charge on any atom is 0.226 e. The van der Waals surface area contributed by atoms with Crippen LogP contribution in [-0.4, -0.2) is 15.9 Å². The van der Waals surface area contributed by atoms with Gasteiger partial charge in [0.2, 0.25) is 11.9 Å². The van der Waals surface area contributed by atoms with Crippen molar-refractivity contribution in [2.24, 2.45) is 0 Å². The molecular formula is C13H11N5OS. The highest BCUT2D eigenvalue weighted by Crippen LogP contribution is 2.13. The summed E-state index contributed by atoms with van der Waals surface area (Å²) in [6.07, 6.45) is 1.96. The standard InChI is InChI=1S/C13H11N5OS/c14-7-10-11(8-15)17-13(16-10)18-12(19)5-1-3-9-4-2-6-20-9/h2,4,6H,1,3,5H2,(H2,16,17,18,19). The van der Waals surface area contributed by atoms with Gasteiger partial charge in [0.05, 0.1) is 0 Å². The van der Waals surface area contributed by atoms with Gasteiger partial charge < -0.3 is 4.98 Å². The van der Waals surface area contributed by atoms with Gasteiger partial charge in [-0.25, -0.2) is 4.98 Å². The molecule has 2 rings (SSSR count). The predicted molar refractivity (Wildman–Crippen MR) is 73.9 cm³/mol. The number of aromatic amines is 1. The van der Waals surface area contributed by atoms with E-state index >= 15 is 0 Å². The van der Waals surface area contributed by atoms with Gasteiger partial charge >= 0.3 is 0 Å². The molecule has 0 atom stereocenters. The average Bonchev–Trinajstić information content (AvgIpc) is 3.07. The van der Waals surface area contributed by atoms with Gasteiger partial charge in [0, 0.05) is 11.3 Å². The van der Waals surface area contributed by atoms with Crippen LogP contribution < -0.4 is 5.32 Å². The van der Waals surface area contributed by atoms with Crippen molar-refractivity contribution >= 4 is 23.2 Å². The van der Waals surface area contributed by atoms with Crippen LogP contribution in [0.4, 0.5) is 5.95 Å². The Labute approximate surface area is 119 Å². The Balaban J connectivity index is 1.84. The molecule has 0 aliphatic heterocycles. The summed E-state index contributed by atoms with van der Waals surface area (Å²) in [6, 6.07) is 7.62. The van der Waals surface area contributed by atoms with Crippen LogP contribution in [0.5, 0.6) is 0 Å². The van der Waals surface area contributed by atoms with Crippen molar-refractivity contribution in [2.45, 2.75) is 19.3 Å². The van der Waals surface area contributed by atoms with Crippen molar-refractivity contribution < 1.29 is 4.79 Å². The number of nitrogens with zero attached hydrogens (tertiary/aromatic N) is 3. The van der Waals surface area contributed by atoms with Crippen LogP contribution in [0.3, 0.4) is 0 Å². The minimum absolute atomic E-state index is 0.0126. The number of aromatic nitrogens is 2. The highest BCUT2D eigenvalue weighted by molar-refractivity contribution is 7.09. The topological polar surface area (TPSA) is 105 Å². The number of amides is 1. The first kappa shape index (κ1) is 13.8. The first-order valence-corrected chi connectivity index (χ1v) is 6.83. The second-order valence-corrected chi connectivity index (χ2v) is 5.05. The Morgan fingerprint density at radius 1 is 1.45 bits per heavy atom. The molecule has 0 bridgehead atoms. The Morgan fingerprint density at radius 2 is 2.30 bits per heavy atom. The molecule has 0 radical (unpaired) electrons. The molecule has 0 saturated heterocycles. The monoisotopic (exact) mass is 285 g/mol. The van der Waals surface area contributed by atoms with E-state index in [4.69, 9.17) is 10.5 Å². The van der Waals surface area contributed by atoms with Gasteiger partial charge in [0.15, 0.2) is 11.4 Å². The van der Waals surface area contributed by atoms with E-state index in [-0.39, 0.29) is 23.2 Å². The third-order valence-corrected chi connectivity index (χ3v) is 3.52. The highest BCUT2D eigenvalue weighted by Gasteiger charge is 2.11. The number of rotatable bonds is 5. The van der Waals surface area contributed by atoms with Gasteiger partial charge in [-0.3, -0.25) is 10.1 Å². The molecule has 100 valence electrons. The minimum atomic E-state index is -0.190. The lowest BCUT2D eigenvalue weighted by Crippen LogP contribution is -2.12. The largest absolute Gasteiger partial charge is 0.314 e. The number of carbonyl (C=O) groups is 1. The van der Waals surface area contributed by atoms with Gasteiger partial charge in [-0.05, 0) is 24.3 Å². The molecule has 2 N–H and O–H groups in total. The fraction of sp³-hybridized carbons (Fsp3) is 0.231. The maximum atomic E-state index is 11.7. The second kappa shape index (κ2) is 6.50. The first-order valence-electron chi connectivity index (χ1n) is 5.95. The van der Waals surface area contributed by atoms with Gasteiger partial charge in [-0.1, -0.05) is 6.07 Å². The third-order valence-electron chi connectivity index (χ3n) is 2.59. The number of thiophene rings is 1.